The molecule has 3 heterocycles. The number of rotatable bonds is 4. The molecular formula is C21H13F3N4O4. The second-order valence-electron chi connectivity index (χ2n) is 6.87. The molecule has 0 spiro atoms. The Hall–Kier alpha value is -4.15. The minimum atomic E-state index is -4.43. The van der Waals surface area contributed by atoms with Gasteiger partial charge >= 0.3 is 6.18 Å². The van der Waals surface area contributed by atoms with Gasteiger partial charge in [0, 0.05) is 17.2 Å². The van der Waals surface area contributed by atoms with Crippen LogP contribution < -0.4 is 15.0 Å². The number of ether oxygens (including phenoxy) is 2. The van der Waals surface area contributed by atoms with Gasteiger partial charge in [-0.3, -0.25) is 4.79 Å². The van der Waals surface area contributed by atoms with Crippen LogP contribution in [0.25, 0.3) is 22.6 Å². The van der Waals surface area contributed by atoms with Crippen molar-refractivity contribution in [3.8, 4) is 34.1 Å². The number of fused-ring (bicyclic) bond motifs is 1. The summed E-state index contributed by atoms with van der Waals surface area (Å²) in [4.78, 5) is 16.4. The highest BCUT2D eigenvalue weighted by Crippen LogP contribution is 2.35. The van der Waals surface area contributed by atoms with Crippen molar-refractivity contribution in [2.75, 3.05) is 6.79 Å². The molecule has 2 aromatic carbocycles. The first-order chi connectivity index (χ1) is 15.4. The third kappa shape index (κ3) is 3.80. The lowest BCUT2D eigenvalue weighted by Crippen LogP contribution is -2.23. The summed E-state index contributed by atoms with van der Waals surface area (Å²) in [6, 6.07) is 12.6. The summed E-state index contributed by atoms with van der Waals surface area (Å²) >= 11 is 0. The van der Waals surface area contributed by atoms with Crippen LogP contribution in [0.2, 0.25) is 0 Å². The Labute approximate surface area is 177 Å². The summed E-state index contributed by atoms with van der Waals surface area (Å²) in [5.74, 6) is 1.40. The molecule has 0 aliphatic carbocycles. The Morgan fingerprint density at radius 3 is 2.47 bits per heavy atom. The zero-order valence-corrected chi connectivity index (χ0v) is 16.2. The first kappa shape index (κ1) is 19.8. The topological polar surface area (TPSA) is 92.3 Å². The molecule has 162 valence electrons. The molecule has 0 N–H and O–H groups in total. The van der Waals surface area contributed by atoms with Crippen LogP contribution in [0.1, 0.15) is 11.5 Å². The second-order valence-corrected chi connectivity index (χ2v) is 6.87. The molecule has 0 saturated heterocycles. The first-order valence-electron chi connectivity index (χ1n) is 9.35. The van der Waals surface area contributed by atoms with Gasteiger partial charge in [0.2, 0.25) is 18.5 Å². The van der Waals surface area contributed by atoms with Gasteiger partial charge in [-0.1, -0.05) is 17.3 Å². The van der Waals surface area contributed by atoms with Crippen LogP contribution in [-0.4, -0.2) is 26.7 Å². The largest absolute Gasteiger partial charge is 0.454 e. The van der Waals surface area contributed by atoms with Crippen LogP contribution in [-0.2, 0) is 12.7 Å². The minimum Gasteiger partial charge on any atom is -0.454 e. The zero-order valence-electron chi connectivity index (χ0n) is 16.2. The summed E-state index contributed by atoms with van der Waals surface area (Å²) in [6.07, 6.45) is -4.43. The van der Waals surface area contributed by atoms with Gasteiger partial charge in [-0.25, -0.2) is 4.68 Å². The van der Waals surface area contributed by atoms with E-state index in [0.29, 0.717) is 22.8 Å². The van der Waals surface area contributed by atoms with Crippen LogP contribution in [0.15, 0.2) is 63.9 Å². The number of nitrogens with zero attached hydrogens (tertiary/aromatic N) is 4. The Morgan fingerprint density at radius 2 is 1.69 bits per heavy atom. The Bertz CT molecular complexity index is 1350. The normalized spacial score (nSPS) is 12.8. The fourth-order valence-electron chi connectivity index (χ4n) is 3.14. The summed E-state index contributed by atoms with van der Waals surface area (Å²) in [7, 11) is 0. The summed E-state index contributed by atoms with van der Waals surface area (Å²) in [5, 5.41) is 8.12. The molecule has 0 unspecified atom stereocenters. The number of hydrogen-bond acceptors (Lipinski definition) is 7. The number of alkyl halides is 3. The van der Waals surface area contributed by atoms with Gasteiger partial charge in [0.25, 0.3) is 5.56 Å². The highest BCUT2D eigenvalue weighted by Gasteiger charge is 2.30. The smallest absolute Gasteiger partial charge is 0.416 e. The second kappa shape index (κ2) is 7.52. The molecular weight excluding hydrogens is 429 g/mol. The van der Waals surface area contributed by atoms with E-state index in [0.717, 1.165) is 22.4 Å². The lowest BCUT2D eigenvalue weighted by atomic mass is 10.1. The third-order valence-electron chi connectivity index (χ3n) is 4.76. The molecule has 5 rings (SSSR count). The summed E-state index contributed by atoms with van der Waals surface area (Å²) < 4.78 is 55.2. The van der Waals surface area contributed by atoms with Crippen LogP contribution in [0.4, 0.5) is 13.2 Å². The SMILES string of the molecule is O=c1ccc(-c2ccc3c(c2)OCO3)nn1Cc1nc(-c2ccc(C(F)(F)F)cc2)no1. The highest BCUT2D eigenvalue weighted by molar-refractivity contribution is 5.63. The summed E-state index contributed by atoms with van der Waals surface area (Å²) in [6.45, 7) is 0.0367. The average molecular weight is 442 g/mol. The fourth-order valence-corrected chi connectivity index (χ4v) is 3.14. The standard InChI is InChI=1S/C21H13F3N4O4/c22-21(23,24)14-4-1-12(2-5-14)20-25-18(32-27-20)10-28-19(29)8-6-15(26-28)13-3-7-16-17(9-13)31-11-30-16/h1-9H,10-11H2. The molecule has 0 fully saturated rings. The van der Waals surface area contributed by atoms with Gasteiger partial charge in [-0.05, 0) is 36.4 Å². The van der Waals surface area contributed by atoms with Gasteiger partial charge in [0.05, 0.1) is 11.3 Å². The summed E-state index contributed by atoms with van der Waals surface area (Å²) in [5.41, 5.74) is 0.427. The lowest BCUT2D eigenvalue weighted by Gasteiger charge is -2.06. The van der Waals surface area contributed by atoms with E-state index in [4.69, 9.17) is 14.0 Å². The van der Waals surface area contributed by atoms with E-state index in [1.807, 2.05) is 0 Å². The molecule has 0 saturated carbocycles. The average Bonchev–Trinajstić information content (AvgIpc) is 3.44. The van der Waals surface area contributed by atoms with Gasteiger partial charge in [0.15, 0.2) is 11.5 Å². The van der Waals surface area contributed by atoms with Crippen molar-refractivity contribution in [3.05, 3.63) is 76.4 Å². The highest BCUT2D eigenvalue weighted by atomic mass is 19.4. The van der Waals surface area contributed by atoms with E-state index < -0.39 is 11.7 Å². The Morgan fingerprint density at radius 1 is 0.938 bits per heavy atom. The minimum absolute atomic E-state index is 0.0809. The van der Waals surface area contributed by atoms with E-state index in [9.17, 15) is 18.0 Å². The molecule has 1 aliphatic rings. The van der Waals surface area contributed by atoms with Crippen molar-refractivity contribution in [1.29, 1.82) is 0 Å². The molecule has 11 heteroatoms. The van der Waals surface area contributed by atoms with Crippen molar-refractivity contribution >= 4 is 0 Å². The quantitative estimate of drug-likeness (QED) is 0.475. The molecule has 1 aliphatic heterocycles. The predicted octanol–water partition coefficient (Wildman–Crippen LogP) is 3.76. The van der Waals surface area contributed by atoms with Gasteiger partial charge in [-0.15, -0.1) is 0 Å². The van der Waals surface area contributed by atoms with E-state index in [1.54, 1.807) is 24.3 Å². The van der Waals surface area contributed by atoms with Gasteiger partial charge < -0.3 is 14.0 Å². The molecule has 0 atom stereocenters. The van der Waals surface area contributed by atoms with Crippen LogP contribution in [0, 0.1) is 0 Å². The monoisotopic (exact) mass is 442 g/mol. The zero-order chi connectivity index (χ0) is 22.3. The van der Waals surface area contributed by atoms with Crippen LogP contribution >= 0.6 is 0 Å². The number of aromatic nitrogens is 4. The number of benzene rings is 2. The maximum absolute atomic E-state index is 12.7. The van der Waals surface area contributed by atoms with Crippen molar-refractivity contribution in [2.24, 2.45) is 0 Å². The molecule has 0 bridgehead atoms. The molecule has 0 amide bonds. The van der Waals surface area contributed by atoms with Crippen molar-refractivity contribution in [2.45, 2.75) is 12.7 Å². The number of hydrogen-bond donors (Lipinski definition) is 0. The molecule has 2 aromatic heterocycles. The van der Waals surface area contributed by atoms with Crippen molar-refractivity contribution < 1.29 is 27.2 Å². The third-order valence-corrected chi connectivity index (χ3v) is 4.76. The van der Waals surface area contributed by atoms with E-state index >= 15 is 0 Å². The number of halogens is 3. The molecule has 4 aromatic rings. The van der Waals surface area contributed by atoms with Crippen molar-refractivity contribution in [3.63, 3.8) is 0 Å². The lowest BCUT2D eigenvalue weighted by molar-refractivity contribution is -0.137. The van der Waals surface area contributed by atoms with E-state index in [1.165, 1.54) is 18.2 Å². The van der Waals surface area contributed by atoms with E-state index in [2.05, 4.69) is 15.2 Å². The van der Waals surface area contributed by atoms with Crippen LogP contribution in [0.5, 0.6) is 11.5 Å². The molecule has 32 heavy (non-hydrogen) atoms. The molecule has 8 nitrogen and oxygen atoms in total. The van der Waals surface area contributed by atoms with E-state index in [-0.39, 0.29) is 30.6 Å². The van der Waals surface area contributed by atoms with Gasteiger partial charge in [-0.2, -0.15) is 23.3 Å². The Kier molecular flexibility index (Phi) is 4.65. The maximum Gasteiger partial charge on any atom is 0.416 e. The fraction of sp³-hybridized carbons (Fsp3) is 0.143. The van der Waals surface area contributed by atoms with Crippen LogP contribution in [0.3, 0.4) is 0 Å². The van der Waals surface area contributed by atoms with Gasteiger partial charge in [0.1, 0.15) is 6.54 Å². The predicted molar refractivity (Wildman–Crippen MR) is 104 cm³/mol. The van der Waals surface area contributed by atoms with Crippen molar-refractivity contribution in [1.82, 2.24) is 19.9 Å². The molecule has 0 radical (unpaired) electrons. The Balaban J connectivity index is 1.39. The maximum atomic E-state index is 12.7. The first-order valence-corrected chi connectivity index (χ1v) is 9.35.